The van der Waals surface area contributed by atoms with E-state index < -0.39 is 0 Å². The molecule has 2 rings (SSSR count). The van der Waals surface area contributed by atoms with E-state index in [2.05, 4.69) is 5.32 Å². The van der Waals surface area contributed by atoms with E-state index in [0.29, 0.717) is 0 Å². The fourth-order valence-corrected chi connectivity index (χ4v) is 2.27. The van der Waals surface area contributed by atoms with Crippen molar-refractivity contribution in [3.05, 3.63) is 0 Å². The minimum absolute atomic E-state index is 0.0639. The Balaban J connectivity index is 1.87. The Morgan fingerprint density at radius 2 is 2.21 bits per heavy atom. The first-order valence-electron chi connectivity index (χ1n) is 5.55. The van der Waals surface area contributed by atoms with Gasteiger partial charge in [0, 0.05) is 19.1 Å². The SMILES string of the molecule is N[C@@H]1CCN(C(=O)[C@H]2CCCCN2)C1. The predicted octanol–water partition coefficient (Wildman–Crippen LogP) is -0.312. The lowest BCUT2D eigenvalue weighted by Gasteiger charge is -2.27. The number of nitrogens with zero attached hydrogens (tertiary/aromatic N) is 1. The van der Waals surface area contributed by atoms with Crippen LogP contribution in [0.3, 0.4) is 0 Å². The van der Waals surface area contributed by atoms with Crippen molar-refractivity contribution in [3.63, 3.8) is 0 Å². The Hall–Kier alpha value is -0.610. The molecule has 0 spiro atoms. The number of piperidine rings is 1. The van der Waals surface area contributed by atoms with Crippen LogP contribution in [0.25, 0.3) is 0 Å². The number of nitrogens with one attached hydrogen (secondary N) is 1. The van der Waals surface area contributed by atoms with Gasteiger partial charge in [-0.2, -0.15) is 0 Å². The number of amides is 1. The smallest absolute Gasteiger partial charge is 0.239 e. The average molecular weight is 197 g/mol. The topological polar surface area (TPSA) is 58.4 Å². The van der Waals surface area contributed by atoms with E-state index in [1.54, 1.807) is 0 Å². The molecule has 0 aromatic carbocycles. The Bertz CT molecular complexity index is 207. The summed E-state index contributed by atoms with van der Waals surface area (Å²) < 4.78 is 0. The van der Waals surface area contributed by atoms with Gasteiger partial charge in [-0.3, -0.25) is 4.79 Å². The molecule has 80 valence electrons. The molecule has 2 heterocycles. The van der Waals surface area contributed by atoms with Crippen LogP contribution in [-0.4, -0.2) is 42.5 Å². The maximum absolute atomic E-state index is 12.0. The maximum atomic E-state index is 12.0. The van der Waals surface area contributed by atoms with Crippen molar-refractivity contribution in [1.82, 2.24) is 10.2 Å². The van der Waals surface area contributed by atoms with Gasteiger partial charge in [-0.25, -0.2) is 0 Å². The van der Waals surface area contributed by atoms with Gasteiger partial charge in [0.1, 0.15) is 0 Å². The van der Waals surface area contributed by atoms with Crippen molar-refractivity contribution in [2.75, 3.05) is 19.6 Å². The van der Waals surface area contributed by atoms with Crippen molar-refractivity contribution in [3.8, 4) is 0 Å². The number of nitrogens with two attached hydrogens (primary N) is 1. The third-order valence-corrected chi connectivity index (χ3v) is 3.14. The van der Waals surface area contributed by atoms with Crippen molar-refractivity contribution in [1.29, 1.82) is 0 Å². The minimum Gasteiger partial charge on any atom is -0.340 e. The van der Waals surface area contributed by atoms with Crippen LogP contribution in [0.1, 0.15) is 25.7 Å². The molecular weight excluding hydrogens is 178 g/mol. The predicted molar refractivity (Wildman–Crippen MR) is 54.8 cm³/mol. The second-order valence-electron chi connectivity index (χ2n) is 4.34. The van der Waals surface area contributed by atoms with Gasteiger partial charge in [-0.15, -0.1) is 0 Å². The minimum atomic E-state index is 0.0639. The normalized spacial score (nSPS) is 33.4. The van der Waals surface area contributed by atoms with Crippen LogP contribution in [0, 0.1) is 0 Å². The molecule has 0 unspecified atom stereocenters. The van der Waals surface area contributed by atoms with Crippen LogP contribution in [0.2, 0.25) is 0 Å². The number of rotatable bonds is 1. The molecule has 2 aliphatic rings. The summed E-state index contributed by atoms with van der Waals surface area (Å²) in [7, 11) is 0. The zero-order valence-corrected chi connectivity index (χ0v) is 8.54. The highest BCUT2D eigenvalue weighted by atomic mass is 16.2. The molecule has 1 amide bonds. The van der Waals surface area contributed by atoms with Crippen LogP contribution >= 0.6 is 0 Å². The summed E-state index contributed by atoms with van der Waals surface area (Å²) in [4.78, 5) is 13.9. The molecule has 2 saturated heterocycles. The van der Waals surface area contributed by atoms with Crippen LogP contribution in [0.5, 0.6) is 0 Å². The summed E-state index contributed by atoms with van der Waals surface area (Å²) in [5, 5.41) is 3.28. The summed E-state index contributed by atoms with van der Waals surface area (Å²) in [6.45, 7) is 2.57. The van der Waals surface area contributed by atoms with E-state index in [1.165, 1.54) is 12.8 Å². The third kappa shape index (κ3) is 2.07. The average Bonchev–Trinajstić information content (AvgIpc) is 2.65. The zero-order valence-electron chi connectivity index (χ0n) is 8.54. The molecule has 0 saturated carbocycles. The summed E-state index contributed by atoms with van der Waals surface area (Å²) >= 11 is 0. The van der Waals surface area contributed by atoms with Crippen LogP contribution in [0.15, 0.2) is 0 Å². The first kappa shape index (κ1) is 9.93. The van der Waals surface area contributed by atoms with Crippen molar-refractivity contribution in [2.24, 2.45) is 5.73 Å². The number of likely N-dealkylation sites (tertiary alicyclic amines) is 1. The van der Waals surface area contributed by atoms with Gasteiger partial charge in [0.05, 0.1) is 6.04 Å². The zero-order chi connectivity index (χ0) is 9.97. The largest absolute Gasteiger partial charge is 0.340 e. The number of carbonyl (C=O) groups excluding carboxylic acids is 1. The molecule has 0 aromatic heterocycles. The maximum Gasteiger partial charge on any atom is 0.239 e. The highest BCUT2D eigenvalue weighted by molar-refractivity contribution is 5.82. The van der Waals surface area contributed by atoms with Crippen molar-refractivity contribution >= 4 is 5.91 Å². The van der Waals surface area contributed by atoms with Gasteiger partial charge in [-0.1, -0.05) is 6.42 Å². The summed E-state index contributed by atoms with van der Waals surface area (Å²) in [6.07, 6.45) is 4.32. The molecule has 4 nitrogen and oxygen atoms in total. The van der Waals surface area contributed by atoms with Gasteiger partial charge < -0.3 is 16.0 Å². The summed E-state index contributed by atoms with van der Waals surface area (Å²) in [5.41, 5.74) is 5.78. The molecule has 4 heteroatoms. The van der Waals surface area contributed by atoms with Crippen molar-refractivity contribution in [2.45, 2.75) is 37.8 Å². The van der Waals surface area contributed by atoms with E-state index in [9.17, 15) is 4.79 Å². The van der Waals surface area contributed by atoms with Gasteiger partial charge in [0.2, 0.25) is 5.91 Å². The standard InChI is InChI=1S/C10H19N3O/c11-8-4-6-13(7-8)10(14)9-3-1-2-5-12-9/h8-9,12H,1-7,11H2/t8-,9-/m1/s1. The Morgan fingerprint density at radius 3 is 2.79 bits per heavy atom. The van der Waals surface area contributed by atoms with E-state index in [-0.39, 0.29) is 18.0 Å². The second-order valence-corrected chi connectivity index (χ2v) is 4.34. The van der Waals surface area contributed by atoms with Gasteiger partial charge in [0.25, 0.3) is 0 Å². The van der Waals surface area contributed by atoms with Crippen LogP contribution in [0.4, 0.5) is 0 Å². The lowest BCUT2D eigenvalue weighted by Crippen LogP contribution is -2.48. The van der Waals surface area contributed by atoms with E-state index in [0.717, 1.165) is 32.5 Å². The fourth-order valence-electron chi connectivity index (χ4n) is 2.27. The highest BCUT2D eigenvalue weighted by Crippen LogP contribution is 2.13. The molecule has 0 aromatic rings. The molecule has 0 bridgehead atoms. The Morgan fingerprint density at radius 1 is 1.36 bits per heavy atom. The van der Waals surface area contributed by atoms with Gasteiger partial charge in [0.15, 0.2) is 0 Å². The Labute approximate surface area is 84.8 Å². The van der Waals surface area contributed by atoms with Crippen LogP contribution < -0.4 is 11.1 Å². The van der Waals surface area contributed by atoms with Crippen molar-refractivity contribution < 1.29 is 4.79 Å². The summed E-state index contributed by atoms with van der Waals surface area (Å²) in [5.74, 6) is 0.262. The van der Waals surface area contributed by atoms with Gasteiger partial charge >= 0.3 is 0 Å². The molecule has 2 aliphatic heterocycles. The second kappa shape index (κ2) is 4.28. The first-order valence-corrected chi connectivity index (χ1v) is 5.55. The molecule has 2 atom stereocenters. The quantitative estimate of drug-likeness (QED) is 0.606. The molecule has 0 radical (unpaired) electrons. The number of hydrogen-bond donors (Lipinski definition) is 2. The highest BCUT2D eigenvalue weighted by Gasteiger charge is 2.29. The molecule has 0 aliphatic carbocycles. The van der Waals surface area contributed by atoms with E-state index in [1.807, 2.05) is 4.90 Å². The molecule has 14 heavy (non-hydrogen) atoms. The lowest BCUT2D eigenvalue weighted by atomic mass is 10.0. The lowest BCUT2D eigenvalue weighted by molar-refractivity contribution is -0.133. The van der Waals surface area contributed by atoms with E-state index in [4.69, 9.17) is 5.73 Å². The van der Waals surface area contributed by atoms with Gasteiger partial charge in [-0.05, 0) is 25.8 Å². The van der Waals surface area contributed by atoms with Crippen LogP contribution in [-0.2, 0) is 4.79 Å². The van der Waals surface area contributed by atoms with E-state index >= 15 is 0 Å². The third-order valence-electron chi connectivity index (χ3n) is 3.14. The first-order chi connectivity index (χ1) is 6.77. The number of carbonyl (C=O) groups is 1. The summed E-state index contributed by atoms with van der Waals surface area (Å²) in [6, 6.07) is 0.261. The number of hydrogen-bond acceptors (Lipinski definition) is 3. The molecule has 2 fully saturated rings. The Kier molecular flexibility index (Phi) is 3.03. The fraction of sp³-hybridized carbons (Fsp3) is 0.900. The molecule has 3 N–H and O–H groups in total. The monoisotopic (exact) mass is 197 g/mol. The molecular formula is C10H19N3O.